The van der Waals surface area contributed by atoms with Crippen LogP contribution in [0.3, 0.4) is 0 Å². The fraction of sp³-hybridized carbons (Fsp3) is 0.300. The molecule has 0 bridgehead atoms. The van der Waals surface area contributed by atoms with Crippen LogP contribution in [0.1, 0.15) is 18.1 Å². The number of fused-ring (bicyclic) bond motifs is 1. The van der Waals surface area contributed by atoms with E-state index in [0.29, 0.717) is 0 Å². The molecule has 0 spiro atoms. The molecule has 0 saturated carbocycles. The van der Waals surface area contributed by atoms with E-state index in [4.69, 9.17) is 11.6 Å². The van der Waals surface area contributed by atoms with E-state index in [9.17, 15) is 0 Å². The van der Waals surface area contributed by atoms with Crippen LogP contribution < -0.4 is 0 Å². The SMILES string of the molecule is CC1=N[C@@H](Cl)Cc2ccccc21. The number of aliphatic imine (C=N–C) groups is 1. The predicted molar refractivity (Wildman–Crippen MR) is 52.0 cm³/mol. The minimum absolute atomic E-state index is 0.0695. The summed E-state index contributed by atoms with van der Waals surface area (Å²) in [6.07, 6.45) is 0.856. The molecule has 0 N–H and O–H groups in total. The maximum atomic E-state index is 5.95. The van der Waals surface area contributed by atoms with Gasteiger partial charge in [-0.25, -0.2) is 0 Å². The number of rotatable bonds is 0. The van der Waals surface area contributed by atoms with Crippen LogP contribution in [0.15, 0.2) is 29.3 Å². The topological polar surface area (TPSA) is 12.4 Å². The fourth-order valence-electron chi connectivity index (χ4n) is 1.56. The van der Waals surface area contributed by atoms with Crippen molar-refractivity contribution in [2.45, 2.75) is 18.8 Å². The van der Waals surface area contributed by atoms with E-state index in [1.807, 2.05) is 19.1 Å². The number of hydrogen-bond donors (Lipinski definition) is 0. The van der Waals surface area contributed by atoms with Crippen LogP contribution in [0.4, 0.5) is 0 Å². The second-order valence-electron chi connectivity index (χ2n) is 3.01. The Labute approximate surface area is 77.1 Å². The highest BCUT2D eigenvalue weighted by Gasteiger charge is 2.15. The summed E-state index contributed by atoms with van der Waals surface area (Å²) in [5, 5.41) is 0. The maximum Gasteiger partial charge on any atom is 0.128 e. The van der Waals surface area contributed by atoms with Crippen LogP contribution in [0.5, 0.6) is 0 Å². The van der Waals surface area contributed by atoms with Crippen molar-refractivity contribution in [3.63, 3.8) is 0 Å². The lowest BCUT2D eigenvalue weighted by Gasteiger charge is -2.17. The van der Waals surface area contributed by atoms with Crippen LogP contribution in [0.2, 0.25) is 0 Å². The van der Waals surface area contributed by atoms with E-state index in [2.05, 4.69) is 17.1 Å². The average molecular weight is 180 g/mol. The van der Waals surface area contributed by atoms with Gasteiger partial charge in [-0.2, -0.15) is 0 Å². The van der Waals surface area contributed by atoms with Crippen molar-refractivity contribution >= 4 is 17.3 Å². The first-order chi connectivity index (χ1) is 5.77. The molecule has 0 amide bonds. The van der Waals surface area contributed by atoms with Crippen molar-refractivity contribution in [3.8, 4) is 0 Å². The molecule has 12 heavy (non-hydrogen) atoms. The van der Waals surface area contributed by atoms with Gasteiger partial charge in [0, 0.05) is 12.1 Å². The molecule has 1 aromatic carbocycles. The smallest absolute Gasteiger partial charge is 0.128 e. The van der Waals surface area contributed by atoms with E-state index in [1.165, 1.54) is 11.1 Å². The fourth-order valence-corrected chi connectivity index (χ4v) is 1.87. The van der Waals surface area contributed by atoms with Crippen LogP contribution >= 0.6 is 11.6 Å². The molecule has 1 aliphatic rings. The van der Waals surface area contributed by atoms with E-state index in [-0.39, 0.29) is 5.50 Å². The number of hydrogen-bond acceptors (Lipinski definition) is 1. The van der Waals surface area contributed by atoms with Crippen LogP contribution in [0.25, 0.3) is 0 Å². The van der Waals surface area contributed by atoms with Crippen molar-refractivity contribution < 1.29 is 0 Å². The minimum Gasteiger partial charge on any atom is -0.270 e. The van der Waals surface area contributed by atoms with Gasteiger partial charge in [0.05, 0.1) is 0 Å². The van der Waals surface area contributed by atoms with Gasteiger partial charge in [-0.15, -0.1) is 0 Å². The van der Waals surface area contributed by atoms with Gasteiger partial charge >= 0.3 is 0 Å². The summed E-state index contributed by atoms with van der Waals surface area (Å²) in [5.74, 6) is 0. The second kappa shape index (κ2) is 2.91. The van der Waals surface area contributed by atoms with Crippen LogP contribution in [-0.2, 0) is 6.42 Å². The molecule has 0 radical (unpaired) electrons. The van der Waals surface area contributed by atoms with E-state index in [1.54, 1.807) is 0 Å². The summed E-state index contributed by atoms with van der Waals surface area (Å²) in [5.41, 5.74) is 3.54. The predicted octanol–water partition coefficient (Wildman–Crippen LogP) is 2.62. The lowest BCUT2D eigenvalue weighted by molar-refractivity contribution is 0.869. The van der Waals surface area contributed by atoms with Crippen molar-refractivity contribution in [1.82, 2.24) is 0 Å². The molecule has 2 heteroatoms. The Morgan fingerprint density at radius 1 is 1.42 bits per heavy atom. The number of benzene rings is 1. The number of halogens is 1. The molecule has 62 valence electrons. The number of alkyl halides is 1. The first-order valence-electron chi connectivity index (χ1n) is 4.04. The van der Waals surface area contributed by atoms with Gasteiger partial charge < -0.3 is 0 Å². The van der Waals surface area contributed by atoms with Gasteiger partial charge in [0.2, 0.25) is 0 Å². The monoisotopic (exact) mass is 179 g/mol. The Morgan fingerprint density at radius 2 is 2.17 bits per heavy atom. The molecule has 1 heterocycles. The third-order valence-electron chi connectivity index (χ3n) is 2.13. The van der Waals surface area contributed by atoms with Gasteiger partial charge in [-0.3, -0.25) is 4.99 Å². The van der Waals surface area contributed by atoms with Crippen molar-refractivity contribution in [2.24, 2.45) is 4.99 Å². The molecule has 0 saturated heterocycles. The molecule has 0 fully saturated rings. The zero-order chi connectivity index (χ0) is 8.55. The maximum absolute atomic E-state index is 5.95. The quantitative estimate of drug-likeness (QED) is 0.429. The standard InChI is InChI=1S/C10H10ClN/c1-7-9-5-3-2-4-8(9)6-10(11)12-7/h2-5,10H,6H2,1H3/t10-/m1/s1. The van der Waals surface area contributed by atoms with Crippen LogP contribution in [-0.4, -0.2) is 11.2 Å². The molecular weight excluding hydrogens is 170 g/mol. The zero-order valence-electron chi connectivity index (χ0n) is 6.92. The highest BCUT2D eigenvalue weighted by Crippen LogP contribution is 2.20. The Balaban J connectivity index is 2.53. The lowest BCUT2D eigenvalue weighted by Crippen LogP contribution is -2.14. The molecule has 2 rings (SSSR count). The lowest BCUT2D eigenvalue weighted by atomic mass is 9.99. The van der Waals surface area contributed by atoms with E-state index < -0.39 is 0 Å². The molecule has 0 unspecified atom stereocenters. The largest absolute Gasteiger partial charge is 0.270 e. The third kappa shape index (κ3) is 1.25. The highest BCUT2D eigenvalue weighted by molar-refractivity contribution is 6.22. The summed E-state index contributed by atoms with van der Waals surface area (Å²) >= 11 is 5.95. The molecule has 1 aliphatic heterocycles. The summed E-state index contributed by atoms with van der Waals surface area (Å²) < 4.78 is 0. The van der Waals surface area contributed by atoms with Crippen molar-refractivity contribution in [3.05, 3.63) is 35.4 Å². The van der Waals surface area contributed by atoms with E-state index >= 15 is 0 Å². The van der Waals surface area contributed by atoms with Gasteiger partial charge in [0.1, 0.15) is 5.50 Å². The van der Waals surface area contributed by atoms with Gasteiger partial charge in [0.25, 0.3) is 0 Å². The summed E-state index contributed by atoms with van der Waals surface area (Å²) in [7, 11) is 0. The minimum atomic E-state index is -0.0695. The summed E-state index contributed by atoms with van der Waals surface area (Å²) in [6, 6.07) is 8.29. The Bertz CT molecular complexity index is 330. The molecule has 1 atom stereocenters. The van der Waals surface area contributed by atoms with Gasteiger partial charge in [-0.05, 0) is 18.1 Å². The summed E-state index contributed by atoms with van der Waals surface area (Å²) in [6.45, 7) is 2.01. The van der Waals surface area contributed by atoms with Gasteiger partial charge in [-0.1, -0.05) is 35.9 Å². The van der Waals surface area contributed by atoms with Crippen molar-refractivity contribution in [2.75, 3.05) is 0 Å². The Kier molecular flexibility index (Phi) is 1.89. The Morgan fingerprint density at radius 3 is 3.00 bits per heavy atom. The molecular formula is C10H10ClN. The molecule has 0 aliphatic carbocycles. The van der Waals surface area contributed by atoms with Crippen LogP contribution in [0, 0.1) is 0 Å². The highest BCUT2D eigenvalue weighted by atomic mass is 35.5. The molecule has 0 aromatic heterocycles. The molecule has 1 aromatic rings. The average Bonchev–Trinajstić information content (AvgIpc) is 2.04. The van der Waals surface area contributed by atoms with Crippen molar-refractivity contribution in [1.29, 1.82) is 0 Å². The molecule has 1 nitrogen and oxygen atoms in total. The summed E-state index contributed by atoms with van der Waals surface area (Å²) in [4.78, 5) is 4.31. The van der Waals surface area contributed by atoms with E-state index in [0.717, 1.165) is 12.1 Å². The van der Waals surface area contributed by atoms with Gasteiger partial charge in [0.15, 0.2) is 0 Å². The normalized spacial score (nSPS) is 21.5. The first kappa shape index (κ1) is 7.81. The first-order valence-corrected chi connectivity index (χ1v) is 4.48. The number of nitrogens with zero attached hydrogens (tertiary/aromatic N) is 1. The Hall–Kier alpha value is -0.820. The second-order valence-corrected chi connectivity index (χ2v) is 3.51. The third-order valence-corrected chi connectivity index (χ3v) is 2.38. The zero-order valence-corrected chi connectivity index (χ0v) is 7.67.